The van der Waals surface area contributed by atoms with E-state index < -0.39 is 0 Å². The van der Waals surface area contributed by atoms with Crippen molar-refractivity contribution in [3.05, 3.63) is 86.6 Å². The van der Waals surface area contributed by atoms with E-state index in [1.165, 1.54) is 22.5 Å². The zero-order valence-electron chi connectivity index (χ0n) is 12.6. The van der Waals surface area contributed by atoms with Crippen molar-refractivity contribution >= 4 is 28.8 Å². The Labute approximate surface area is 143 Å². The van der Waals surface area contributed by atoms with Gasteiger partial charge in [0.1, 0.15) is 0 Å². The van der Waals surface area contributed by atoms with Gasteiger partial charge in [0.15, 0.2) is 4.80 Å². The van der Waals surface area contributed by atoms with Gasteiger partial charge in [0, 0.05) is 28.7 Å². The maximum Gasteiger partial charge on any atom is 0.279 e. The minimum Gasteiger partial charge on any atom is -0.319 e. The van der Waals surface area contributed by atoms with E-state index in [1.54, 1.807) is 24.3 Å². The first-order valence-corrected chi connectivity index (χ1v) is 8.42. The van der Waals surface area contributed by atoms with Crippen molar-refractivity contribution in [3.63, 3.8) is 0 Å². The van der Waals surface area contributed by atoms with Crippen molar-refractivity contribution in [2.45, 2.75) is 13.5 Å². The van der Waals surface area contributed by atoms with Gasteiger partial charge in [0.05, 0.1) is 0 Å². The van der Waals surface area contributed by atoms with E-state index in [4.69, 9.17) is 11.6 Å². The van der Waals surface area contributed by atoms with Crippen LogP contribution in [-0.4, -0.2) is 10.5 Å². The van der Waals surface area contributed by atoms with Crippen LogP contribution < -0.4 is 4.80 Å². The van der Waals surface area contributed by atoms with Crippen molar-refractivity contribution in [1.82, 2.24) is 4.57 Å². The average Bonchev–Trinajstić information content (AvgIpc) is 2.96. The lowest BCUT2D eigenvalue weighted by atomic mass is 10.1. The summed E-state index contributed by atoms with van der Waals surface area (Å²) in [6.45, 7) is 2.75. The topological polar surface area (TPSA) is 34.4 Å². The van der Waals surface area contributed by atoms with Crippen LogP contribution in [0.3, 0.4) is 0 Å². The summed E-state index contributed by atoms with van der Waals surface area (Å²) in [5.74, 6) is -0.285. The fourth-order valence-electron chi connectivity index (χ4n) is 2.17. The number of nitrogens with zero attached hydrogens (tertiary/aromatic N) is 2. The Kier molecular flexibility index (Phi) is 4.74. The highest BCUT2D eigenvalue weighted by atomic mass is 35.5. The lowest BCUT2D eigenvalue weighted by Crippen LogP contribution is -2.17. The Balaban J connectivity index is 1.88. The van der Waals surface area contributed by atoms with Crippen molar-refractivity contribution < 1.29 is 4.79 Å². The van der Waals surface area contributed by atoms with E-state index in [0.29, 0.717) is 21.9 Å². The number of carbonyl (C=O) groups is 1. The summed E-state index contributed by atoms with van der Waals surface area (Å²) >= 11 is 7.37. The van der Waals surface area contributed by atoms with Crippen LogP contribution in [0.4, 0.5) is 0 Å². The van der Waals surface area contributed by atoms with Crippen LogP contribution >= 0.6 is 22.9 Å². The molecule has 0 bridgehead atoms. The molecular formula is C18H15ClN2OS. The van der Waals surface area contributed by atoms with Gasteiger partial charge in [-0.15, -0.1) is 11.3 Å². The van der Waals surface area contributed by atoms with Crippen LogP contribution in [-0.2, 0) is 6.54 Å². The van der Waals surface area contributed by atoms with Gasteiger partial charge in [-0.25, -0.2) is 0 Å². The quantitative estimate of drug-likeness (QED) is 0.698. The predicted octanol–water partition coefficient (Wildman–Crippen LogP) is 4.30. The van der Waals surface area contributed by atoms with Gasteiger partial charge >= 0.3 is 0 Å². The number of amides is 1. The standard InChI is InChI=1S/C18H15ClN2OS/c1-13-5-7-14(8-6-13)12-21-9-10-23-18(21)20-17(22)15-3-2-4-16(19)11-15/h2-11H,12H2,1H3. The molecule has 1 aromatic heterocycles. The Bertz CT molecular complexity index is 894. The number of hydrogen-bond acceptors (Lipinski definition) is 2. The maximum absolute atomic E-state index is 12.3. The van der Waals surface area contributed by atoms with E-state index in [0.717, 1.165) is 0 Å². The smallest absolute Gasteiger partial charge is 0.279 e. The molecule has 1 heterocycles. The fraction of sp³-hybridized carbons (Fsp3) is 0.111. The van der Waals surface area contributed by atoms with Crippen LogP contribution in [0.15, 0.2) is 65.1 Å². The maximum atomic E-state index is 12.3. The third-order valence-electron chi connectivity index (χ3n) is 3.40. The largest absolute Gasteiger partial charge is 0.319 e. The highest BCUT2D eigenvalue weighted by Crippen LogP contribution is 2.11. The first-order chi connectivity index (χ1) is 11.1. The molecule has 0 spiro atoms. The second-order valence-electron chi connectivity index (χ2n) is 5.23. The predicted molar refractivity (Wildman–Crippen MR) is 93.9 cm³/mol. The van der Waals surface area contributed by atoms with Gasteiger partial charge < -0.3 is 4.57 Å². The lowest BCUT2D eigenvalue weighted by molar-refractivity contribution is 0.0998. The van der Waals surface area contributed by atoms with E-state index >= 15 is 0 Å². The minimum atomic E-state index is -0.285. The summed E-state index contributed by atoms with van der Waals surface area (Å²) < 4.78 is 1.97. The zero-order valence-corrected chi connectivity index (χ0v) is 14.1. The summed E-state index contributed by atoms with van der Waals surface area (Å²) in [5, 5.41) is 2.46. The number of carbonyl (C=O) groups excluding carboxylic acids is 1. The molecule has 0 fully saturated rings. The first-order valence-electron chi connectivity index (χ1n) is 7.16. The SMILES string of the molecule is Cc1ccc(Cn2ccsc2=NC(=O)c2cccc(Cl)c2)cc1. The Morgan fingerprint density at radius 1 is 1.22 bits per heavy atom. The Hall–Kier alpha value is -2.17. The molecule has 0 saturated carbocycles. The van der Waals surface area contributed by atoms with Crippen LogP contribution in [0.2, 0.25) is 5.02 Å². The van der Waals surface area contributed by atoms with Gasteiger partial charge in [0.2, 0.25) is 0 Å². The van der Waals surface area contributed by atoms with Gasteiger partial charge in [-0.05, 0) is 30.7 Å². The molecule has 0 unspecified atom stereocenters. The number of hydrogen-bond donors (Lipinski definition) is 0. The fourth-order valence-corrected chi connectivity index (χ4v) is 3.09. The first kappa shape index (κ1) is 15.7. The summed E-state index contributed by atoms with van der Waals surface area (Å²) in [4.78, 5) is 17.2. The van der Waals surface area contributed by atoms with Gasteiger partial charge in [-0.2, -0.15) is 4.99 Å². The molecule has 0 saturated heterocycles. The third-order valence-corrected chi connectivity index (χ3v) is 4.43. The Morgan fingerprint density at radius 3 is 2.74 bits per heavy atom. The van der Waals surface area contributed by atoms with Crippen molar-refractivity contribution in [1.29, 1.82) is 0 Å². The molecule has 0 aliphatic carbocycles. The van der Waals surface area contributed by atoms with E-state index in [1.807, 2.05) is 16.1 Å². The Morgan fingerprint density at radius 2 is 2.00 bits per heavy atom. The molecule has 116 valence electrons. The molecule has 0 N–H and O–H groups in total. The normalized spacial score (nSPS) is 11.7. The number of aromatic nitrogens is 1. The monoisotopic (exact) mass is 342 g/mol. The summed E-state index contributed by atoms with van der Waals surface area (Å²) in [7, 11) is 0. The highest BCUT2D eigenvalue weighted by Gasteiger charge is 2.06. The number of thiazole rings is 1. The number of rotatable bonds is 3. The summed E-state index contributed by atoms with van der Waals surface area (Å²) in [6, 6.07) is 15.2. The number of halogens is 1. The number of benzene rings is 2. The number of aryl methyl sites for hydroxylation is 1. The van der Waals surface area contributed by atoms with Crippen molar-refractivity contribution in [2.75, 3.05) is 0 Å². The molecule has 0 aliphatic heterocycles. The van der Waals surface area contributed by atoms with Crippen LogP contribution in [0.1, 0.15) is 21.5 Å². The van der Waals surface area contributed by atoms with Gasteiger partial charge in [-0.3, -0.25) is 4.79 Å². The summed E-state index contributed by atoms with van der Waals surface area (Å²) in [5.41, 5.74) is 2.89. The third kappa shape index (κ3) is 3.97. The second kappa shape index (κ2) is 6.94. The van der Waals surface area contributed by atoms with Crippen LogP contribution in [0.25, 0.3) is 0 Å². The molecule has 0 atom stereocenters. The molecule has 1 amide bonds. The molecule has 5 heteroatoms. The molecule has 23 heavy (non-hydrogen) atoms. The lowest BCUT2D eigenvalue weighted by Gasteiger charge is -2.04. The van der Waals surface area contributed by atoms with Gasteiger partial charge in [0.25, 0.3) is 5.91 Å². The molecule has 3 nitrogen and oxygen atoms in total. The molecule has 0 radical (unpaired) electrons. The van der Waals surface area contributed by atoms with Crippen LogP contribution in [0.5, 0.6) is 0 Å². The highest BCUT2D eigenvalue weighted by molar-refractivity contribution is 7.07. The molecule has 3 rings (SSSR count). The average molecular weight is 343 g/mol. The van der Waals surface area contributed by atoms with Crippen molar-refractivity contribution in [2.24, 2.45) is 4.99 Å². The molecular weight excluding hydrogens is 328 g/mol. The van der Waals surface area contributed by atoms with E-state index in [9.17, 15) is 4.79 Å². The summed E-state index contributed by atoms with van der Waals surface area (Å²) in [6.07, 6.45) is 1.94. The van der Waals surface area contributed by atoms with E-state index in [-0.39, 0.29) is 5.91 Å². The van der Waals surface area contributed by atoms with Gasteiger partial charge in [-0.1, -0.05) is 47.5 Å². The minimum absolute atomic E-state index is 0.285. The molecule has 2 aromatic carbocycles. The van der Waals surface area contributed by atoms with E-state index in [2.05, 4.69) is 36.2 Å². The zero-order chi connectivity index (χ0) is 16.2. The van der Waals surface area contributed by atoms with Crippen molar-refractivity contribution in [3.8, 4) is 0 Å². The molecule has 3 aromatic rings. The second-order valence-corrected chi connectivity index (χ2v) is 6.54. The van der Waals surface area contributed by atoms with Crippen LogP contribution in [0, 0.1) is 6.92 Å². The molecule has 0 aliphatic rings.